The Labute approximate surface area is 796 Å². The van der Waals surface area contributed by atoms with E-state index in [1.807, 2.05) is 0 Å². The minimum Gasteiger partial charge on any atom is -0.541 e. The molecule has 0 bridgehead atoms. The van der Waals surface area contributed by atoms with Gasteiger partial charge in [0.15, 0.2) is 65.4 Å². The molecular weight excluding hydrogens is 1970 g/mol. The minimum atomic E-state index is -4.96. The summed E-state index contributed by atoms with van der Waals surface area (Å²) in [5.74, 6) is -9.81. The van der Waals surface area contributed by atoms with Crippen LogP contribution in [0.1, 0.15) is 121 Å². The summed E-state index contributed by atoms with van der Waals surface area (Å²) in [6.07, 6.45) is -21.2. The van der Waals surface area contributed by atoms with E-state index in [1.165, 1.54) is 123 Å². The highest BCUT2D eigenvalue weighted by Crippen LogP contribution is 2.43. The van der Waals surface area contributed by atoms with Crippen LogP contribution in [0.15, 0.2) is 146 Å². The Bertz CT molecular complexity index is 5270. The zero-order valence-electron chi connectivity index (χ0n) is 76.8. The lowest BCUT2D eigenvalue weighted by Gasteiger charge is -2.44. The normalized spacial score (nSPS) is 21.1. The van der Waals surface area contributed by atoms with Crippen molar-refractivity contribution < 1.29 is 207 Å². The third kappa shape index (κ3) is 38.1. The van der Waals surface area contributed by atoms with Crippen LogP contribution in [0, 0.1) is 0 Å². The fourth-order valence-electron chi connectivity index (χ4n) is 12.1. The third-order valence-corrected chi connectivity index (χ3v) is 25.5. The van der Waals surface area contributed by atoms with Crippen molar-refractivity contribution in [1.82, 2.24) is 0 Å². The number of hydrogen-bond donors (Lipinski definition) is 2. The first-order chi connectivity index (χ1) is 64.1. The number of alkyl halides is 1. The number of carbonyl (C=O) groups is 12. The Morgan fingerprint density at radius 3 is 0.803 bits per heavy atom. The molecular formula is C87H104BrFO44S3Si. The predicted molar refractivity (Wildman–Crippen MR) is 470 cm³/mol. The van der Waals surface area contributed by atoms with Gasteiger partial charge in [-0.15, -0.1) is 16.8 Å². The van der Waals surface area contributed by atoms with Crippen LogP contribution in [-0.2, 0) is 178 Å². The van der Waals surface area contributed by atoms with Gasteiger partial charge in [0, 0.05) is 88.4 Å². The molecule has 752 valence electrons. The van der Waals surface area contributed by atoms with Gasteiger partial charge in [-0.25, -0.2) is 0 Å². The summed E-state index contributed by atoms with van der Waals surface area (Å²) in [5.41, 5.74) is 1.99. The van der Waals surface area contributed by atoms with Crippen LogP contribution in [0.5, 0.6) is 51.7 Å². The van der Waals surface area contributed by atoms with Crippen LogP contribution in [-0.4, -0.2) is 227 Å². The van der Waals surface area contributed by atoms with Gasteiger partial charge in [0.25, 0.3) is 8.32 Å². The first kappa shape index (κ1) is 113. The molecule has 44 nitrogen and oxygen atoms in total. The highest BCUT2D eigenvalue weighted by molar-refractivity contribution is 9.08. The molecule has 137 heavy (non-hydrogen) atoms. The van der Waals surface area contributed by atoms with Crippen molar-refractivity contribution in [2.45, 2.75) is 233 Å². The van der Waals surface area contributed by atoms with Gasteiger partial charge in [-0.05, 0) is 108 Å². The molecule has 0 saturated carbocycles. The second-order valence-corrected chi connectivity index (χ2v) is 39.3. The molecule has 0 aromatic heterocycles. The van der Waals surface area contributed by atoms with E-state index in [1.54, 1.807) is 36.4 Å². The SMILES string of the molecule is CC(=O)OC[C@H]1OC(Oc2ccccc2OS(=O)(=O)Oc2ccc(CBr)cc2)[C@H](OC(C)=O)[C@@H](OC(C)=O)[C@H]1OC(C)=O.CC(=O)OC[C@H]1OC(Oc2ccccc2OS(=O)(=O)Oc2ccc(CO)cc2)[C@H](OC(C)=O)[C@@H](OC(C)=O)[C@H]1OC(C)=O.CC(=O)OC[C@H]1OC(Oc2ccccc2O[Si](C)(C)C(C)(C)C)[C@H](OC(C)=O)[C@@H](OC(C)=O)[C@H]1OC(C)=O.O=S(=O)(F)Oc1ccc(CO)cc1. The maximum Gasteiger partial charge on any atom is 0.501 e. The number of hydrogen-bond acceptors (Lipinski definition) is 44. The first-order valence-corrected chi connectivity index (χ1v) is 48.9. The highest BCUT2D eigenvalue weighted by Gasteiger charge is 2.57. The number of para-hydroxylation sites is 6. The number of halogens is 2. The lowest BCUT2D eigenvalue weighted by molar-refractivity contribution is -0.288. The summed E-state index contributed by atoms with van der Waals surface area (Å²) >= 11 is 3.30. The molecule has 3 aliphatic heterocycles. The van der Waals surface area contributed by atoms with Crippen molar-refractivity contribution in [3.05, 3.63) is 162 Å². The van der Waals surface area contributed by atoms with Crippen molar-refractivity contribution in [2.24, 2.45) is 0 Å². The van der Waals surface area contributed by atoms with Crippen molar-refractivity contribution in [3.63, 3.8) is 0 Å². The second-order valence-electron chi connectivity index (χ2n) is 30.8. The molecule has 3 saturated heterocycles. The van der Waals surface area contributed by atoms with Crippen LogP contribution in [0.4, 0.5) is 3.89 Å². The van der Waals surface area contributed by atoms with Crippen molar-refractivity contribution in [1.29, 1.82) is 0 Å². The summed E-state index contributed by atoms with van der Waals surface area (Å²) in [4.78, 5) is 143. The molecule has 9 rings (SSSR count). The number of ether oxygens (including phenoxy) is 18. The summed E-state index contributed by atoms with van der Waals surface area (Å²) in [6.45, 7) is 22.1. The molecule has 0 spiro atoms. The smallest absolute Gasteiger partial charge is 0.501 e. The number of aliphatic hydroxyl groups excluding tert-OH is 2. The average Bonchev–Trinajstić information content (AvgIpc) is 0.779. The molecule has 0 amide bonds. The van der Waals surface area contributed by atoms with Crippen molar-refractivity contribution in [3.8, 4) is 51.7 Å². The van der Waals surface area contributed by atoms with Gasteiger partial charge in [-0.2, -0.15) is 8.42 Å². The largest absolute Gasteiger partial charge is 0.541 e. The molecule has 3 aliphatic rings. The van der Waals surface area contributed by atoms with E-state index in [9.17, 15) is 86.7 Å². The molecule has 6 aromatic carbocycles. The van der Waals surface area contributed by atoms with Crippen molar-refractivity contribution in [2.75, 3.05) is 19.8 Å². The van der Waals surface area contributed by atoms with E-state index < -0.39 is 217 Å². The Morgan fingerprint density at radius 1 is 0.328 bits per heavy atom. The quantitative estimate of drug-likeness (QED) is 0.0122. The Hall–Kier alpha value is -12.6. The van der Waals surface area contributed by atoms with Gasteiger partial charge in [-0.1, -0.05) is 113 Å². The fourth-order valence-corrected chi connectivity index (χ4v) is 15.3. The van der Waals surface area contributed by atoms with Crippen LogP contribution >= 0.6 is 15.9 Å². The second kappa shape index (κ2) is 52.1. The van der Waals surface area contributed by atoms with Gasteiger partial charge in [-0.3, -0.25) is 57.5 Å². The maximum absolute atomic E-state index is 12.7. The van der Waals surface area contributed by atoms with Gasteiger partial charge in [0.1, 0.15) is 61.1 Å². The number of esters is 12. The molecule has 50 heteroatoms. The summed E-state index contributed by atoms with van der Waals surface area (Å²) in [5, 5.41) is 18.2. The lowest BCUT2D eigenvalue weighted by Crippen LogP contribution is -2.63. The average molecular weight is 2080 g/mol. The molecule has 0 aliphatic carbocycles. The van der Waals surface area contributed by atoms with Gasteiger partial charge < -0.3 is 121 Å². The van der Waals surface area contributed by atoms with E-state index >= 15 is 0 Å². The monoisotopic (exact) mass is 2070 g/mol. The van der Waals surface area contributed by atoms with Crippen LogP contribution in [0.3, 0.4) is 0 Å². The minimum absolute atomic E-state index is 0.0114. The molecule has 6 aromatic rings. The van der Waals surface area contributed by atoms with E-state index in [2.05, 4.69) is 54.0 Å². The van der Waals surface area contributed by atoms with E-state index in [-0.39, 0.29) is 65.1 Å². The Balaban J connectivity index is 0.000000295. The van der Waals surface area contributed by atoms with Crippen molar-refractivity contribution >= 4 is 127 Å². The predicted octanol–water partition coefficient (Wildman–Crippen LogP) is 8.39. The Morgan fingerprint density at radius 2 is 0.562 bits per heavy atom. The number of aliphatic hydroxyl groups is 2. The van der Waals surface area contributed by atoms with Gasteiger partial charge in [0.05, 0.1) is 13.2 Å². The van der Waals surface area contributed by atoms with E-state index in [0.29, 0.717) is 28.0 Å². The summed E-state index contributed by atoms with van der Waals surface area (Å²) in [6, 6.07) is 35.0. The topological polar surface area (TPSA) is 569 Å². The molecule has 2 N–H and O–H groups in total. The lowest BCUT2D eigenvalue weighted by atomic mass is 9.98. The highest BCUT2D eigenvalue weighted by atomic mass is 79.9. The molecule has 0 radical (unpaired) electrons. The van der Waals surface area contributed by atoms with Gasteiger partial charge >= 0.3 is 103 Å². The number of carbonyl (C=O) groups excluding carboxylic acids is 12. The zero-order valence-corrected chi connectivity index (χ0v) is 81.8. The summed E-state index contributed by atoms with van der Waals surface area (Å²) < 4.78 is 213. The maximum atomic E-state index is 12.7. The van der Waals surface area contributed by atoms with Crippen LogP contribution in [0.2, 0.25) is 18.1 Å². The number of rotatable bonds is 36. The molecule has 3 heterocycles. The Kier molecular flexibility index (Phi) is 43.0. The van der Waals surface area contributed by atoms with Crippen LogP contribution < -0.4 is 39.6 Å². The van der Waals surface area contributed by atoms with Gasteiger partial charge in [0.2, 0.25) is 37.2 Å². The first-order valence-electron chi connectivity index (χ1n) is 40.9. The number of benzene rings is 6. The molecule has 3 unspecified atom stereocenters. The molecule has 3 fully saturated rings. The van der Waals surface area contributed by atoms with E-state index in [0.717, 1.165) is 74.8 Å². The zero-order chi connectivity index (χ0) is 102. The van der Waals surface area contributed by atoms with E-state index in [4.69, 9.17) is 117 Å². The standard InChI is InChI=1S/C27H29BrO14S.C27H30O15S.C26H38O11Si.C7H7FO4S/c2*1-15(29)35-14-23-24(36-16(2)30)25(37-17(3)31)26(38-18(4)32)27(40-23)39-21-7-5-6-8-22(21)42-43(33,34)41-20-11-9-19(13-28)10-12-20;1-15(27)31-14-21-22(32-16(2)28)23(33-17(3)29)24(34-18(4)30)25(36-21)35-19-12-10-11-13-20(19)37-38(8,9)26(5,6)7;8-13(10,11)12-7-3-1-6(5-9)2-4-7/h5-12,23-27H,13-14H2,1-4H3;5-12,23-28H,13-14H2,1-4H3;10-13,21-25H,14H2,1-9H3;1-4,9H,5H2/t2*23-,24+,25+,26-,27?;21-,22+,23+,24-,25?;/m111./s1. The fraction of sp³-hybridized carbons (Fsp3) is 0.448. The molecule has 15 atom stereocenters. The third-order valence-electron chi connectivity index (χ3n) is 18.6. The summed E-state index contributed by atoms with van der Waals surface area (Å²) in [7, 11) is -16.7. The van der Waals surface area contributed by atoms with Crippen LogP contribution in [0.25, 0.3) is 0 Å².